The van der Waals surface area contributed by atoms with Crippen molar-refractivity contribution in [1.29, 1.82) is 0 Å². The fourth-order valence-electron chi connectivity index (χ4n) is 3.73. The summed E-state index contributed by atoms with van der Waals surface area (Å²) in [6.07, 6.45) is 0. The second-order valence-corrected chi connectivity index (χ2v) is 9.57. The van der Waals surface area contributed by atoms with E-state index >= 15 is 0 Å². The Morgan fingerprint density at radius 2 is 1.52 bits per heavy atom. The molecule has 0 fully saturated rings. The Bertz CT molecular complexity index is 1430. The van der Waals surface area contributed by atoms with Gasteiger partial charge in [-0.2, -0.15) is 0 Å². The van der Waals surface area contributed by atoms with Crippen molar-refractivity contribution in [3.05, 3.63) is 97.8 Å². The van der Waals surface area contributed by atoms with Crippen LogP contribution in [-0.4, -0.2) is 29.3 Å². The molecule has 0 spiro atoms. The Morgan fingerprint density at radius 3 is 2.18 bits per heavy atom. The summed E-state index contributed by atoms with van der Waals surface area (Å²) in [6, 6.07) is 18.4. The fraction of sp³-hybridized carbons (Fsp3) is 0.0417. The van der Waals surface area contributed by atoms with Gasteiger partial charge in [0.25, 0.3) is 17.7 Å². The van der Waals surface area contributed by atoms with Crippen LogP contribution in [0.3, 0.4) is 0 Å². The molecule has 0 aliphatic carbocycles. The quantitative estimate of drug-likeness (QED) is 0.282. The molecule has 33 heavy (non-hydrogen) atoms. The number of amides is 3. The third kappa shape index (κ3) is 3.69. The average molecular weight is 516 g/mol. The van der Waals surface area contributed by atoms with E-state index < -0.39 is 17.7 Å². The average Bonchev–Trinajstić information content (AvgIpc) is 3.26. The smallest absolute Gasteiger partial charge is 0.271 e. The number of rotatable bonds is 4. The summed E-state index contributed by atoms with van der Waals surface area (Å²) in [5, 5.41) is 1.78. The lowest BCUT2D eigenvalue weighted by Crippen LogP contribution is -2.44. The van der Waals surface area contributed by atoms with Gasteiger partial charge in [-0.15, -0.1) is 11.3 Å². The van der Waals surface area contributed by atoms with Crippen LogP contribution in [0.2, 0.25) is 15.1 Å². The molecule has 9 heteroatoms. The molecule has 0 bridgehead atoms. The molecule has 0 atom stereocenters. The van der Waals surface area contributed by atoms with Gasteiger partial charge in [0.1, 0.15) is 11.5 Å². The van der Waals surface area contributed by atoms with Gasteiger partial charge in [-0.3, -0.25) is 24.2 Å². The Morgan fingerprint density at radius 1 is 0.879 bits per heavy atom. The molecular formula is C24H13Cl3N2O3S. The molecule has 2 heterocycles. The molecule has 3 amide bonds. The van der Waals surface area contributed by atoms with Crippen LogP contribution in [0.4, 0.5) is 5.69 Å². The van der Waals surface area contributed by atoms with Crippen LogP contribution in [0.5, 0.6) is 0 Å². The van der Waals surface area contributed by atoms with E-state index in [9.17, 15) is 14.4 Å². The predicted molar refractivity (Wildman–Crippen MR) is 132 cm³/mol. The molecule has 1 aromatic heterocycles. The maximum atomic E-state index is 13.8. The summed E-state index contributed by atoms with van der Waals surface area (Å²) in [5.41, 5.74) is 0.944. The van der Waals surface area contributed by atoms with Crippen molar-refractivity contribution in [3.63, 3.8) is 0 Å². The van der Waals surface area contributed by atoms with Crippen molar-refractivity contribution in [2.24, 2.45) is 0 Å². The van der Waals surface area contributed by atoms with Gasteiger partial charge < -0.3 is 0 Å². The number of anilines is 1. The first-order chi connectivity index (χ1) is 15.9. The van der Waals surface area contributed by atoms with E-state index in [4.69, 9.17) is 34.8 Å². The molecule has 0 saturated carbocycles. The molecule has 0 saturated heterocycles. The van der Waals surface area contributed by atoms with E-state index in [-0.39, 0.29) is 16.6 Å². The highest BCUT2D eigenvalue weighted by molar-refractivity contribution is 7.21. The highest BCUT2D eigenvalue weighted by Crippen LogP contribution is 2.39. The highest BCUT2D eigenvalue weighted by atomic mass is 35.5. The maximum Gasteiger partial charge on any atom is 0.271 e. The van der Waals surface area contributed by atoms with Gasteiger partial charge in [0.15, 0.2) is 0 Å². The van der Waals surface area contributed by atoms with Crippen LogP contribution in [0, 0.1) is 0 Å². The molecule has 0 unspecified atom stereocenters. The second kappa shape index (κ2) is 8.47. The molecule has 1 aliphatic rings. The van der Waals surface area contributed by atoms with Gasteiger partial charge >= 0.3 is 0 Å². The summed E-state index contributed by atoms with van der Waals surface area (Å²) >= 11 is 20.3. The summed E-state index contributed by atoms with van der Waals surface area (Å²) in [7, 11) is 0. The third-order valence-corrected chi connectivity index (χ3v) is 7.54. The van der Waals surface area contributed by atoms with E-state index in [2.05, 4.69) is 0 Å². The first-order valence-electron chi connectivity index (χ1n) is 9.76. The zero-order valence-corrected chi connectivity index (χ0v) is 19.8. The fourth-order valence-corrected chi connectivity index (χ4v) is 5.70. The van der Waals surface area contributed by atoms with Crippen molar-refractivity contribution in [3.8, 4) is 0 Å². The van der Waals surface area contributed by atoms with E-state index in [1.165, 1.54) is 16.2 Å². The molecule has 5 nitrogen and oxygen atoms in total. The number of fused-ring (bicyclic) bond motifs is 2. The van der Waals surface area contributed by atoms with Crippen LogP contribution >= 0.6 is 46.1 Å². The van der Waals surface area contributed by atoms with Crippen molar-refractivity contribution >= 4 is 79.6 Å². The predicted octanol–water partition coefficient (Wildman–Crippen LogP) is 6.76. The molecule has 1 aliphatic heterocycles. The summed E-state index contributed by atoms with van der Waals surface area (Å²) in [4.78, 5) is 42.3. The van der Waals surface area contributed by atoms with Gasteiger partial charge in [-0.05, 0) is 36.4 Å². The molecule has 5 rings (SSSR count). The molecule has 0 radical (unpaired) electrons. The van der Waals surface area contributed by atoms with Crippen LogP contribution in [-0.2, 0) is 0 Å². The van der Waals surface area contributed by atoms with Gasteiger partial charge in [-0.25, -0.2) is 0 Å². The number of benzene rings is 3. The lowest BCUT2D eigenvalue weighted by molar-refractivity contribution is 0.0650. The molecule has 3 aromatic carbocycles. The number of nitrogens with zero attached hydrogens (tertiary/aromatic N) is 2. The van der Waals surface area contributed by atoms with Crippen LogP contribution in [0.25, 0.3) is 10.1 Å². The molecule has 4 aromatic rings. The second-order valence-electron chi connectivity index (χ2n) is 7.30. The topological polar surface area (TPSA) is 57.7 Å². The SMILES string of the molecule is O=C1c2ccccc2C(=O)N1CN(C(=O)c1sc2cc(Cl)ccc2c1Cl)c1ccccc1Cl. The number of carbonyl (C=O) groups is 3. The number of thiophene rings is 1. The minimum Gasteiger partial charge on any atom is -0.287 e. The summed E-state index contributed by atoms with van der Waals surface area (Å²) in [6.45, 7) is -0.319. The van der Waals surface area contributed by atoms with E-state index in [0.717, 1.165) is 9.60 Å². The number of hydrogen-bond donors (Lipinski definition) is 0. The Balaban J connectivity index is 1.59. The number of imide groups is 1. The Kier molecular flexibility index (Phi) is 5.62. The largest absolute Gasteiger partial charge is 0.287 e. The van der Waals surface area contributed by atoms with Crippen molar-refractivity contribution in [1.82, 2.24) is 4.90 Å². The number of hydrogen-bond acceptors (Lipinski definition) is 4. The zero-order valence-electron chi connectivity index (χ0n) is 16.7. The van der Waals surface area contributed by atoms with Gasteiger partial charge in [0.05, 0.1) is 26.9 Å². The van der Waals surface area contributed by atoms with Crippen molar-refractivity contribution < 1.29 is 14.4 Å². The van der Waals surface area contributed by atoms with Crippen LogP contribution in [0.1, 0.15) is 30.4 Å². The van der Waals surface area contributed by atoms with Crippen LogP contribution < -0.4 is 4.90 Å². The van der Waals surface area contributed by atoms with Crippen molar-refractivity contribution in [2.45, 2.75) is 0 Å². The third-order valence-electron chi connectivity index (χ3n) is 5.34. The summed E-state index contributed by atoms with van der Waals surface area (Å²) < 4.78 is 0.746. The van der Waals surface area contributed by atoms with Crippen LogP contribution in [0.15, 0.2) is 66.7 Å². The number of carbonyl (C=O) groups excluding carboxylic acids is 3. The first kappa shape index (κ1) is 21.9. The standard InChI is InChI=1S/C24H13Cl3N2O3S/c25-13-9-10-16-19(11-13)33-21(20(16)27)24(32)28(18-8-4-3-7-17(18)26)12-29-22(30)14-5-1-2-6-15(14)23(29)31/h1-11H,12H2. The minimum atomic E-state index is -0.484. The Hall–Kier alpha value is -2.90. The van der Waals surface area contributed by atoms with E-state index in [1.54, 1.807) is 66.7 Å². The molecular weight excluding hydrogens is 503 g/mol. The molecule has 164 valence electrons. The normalized spacial score (nSPS) is 13.0. The Labute approximate surface area is 207 Å². The first-order valence-corrected chi connectivity index (χ1v) is 11.7. The lowest BCUT2D eigenvalue weighted by Gasteiger charge is -2.27. The monoisotopic (exact) mass is 514 g/mol. The van der Waals surface area contributed by atoms with Crippen molar-refractivity contribution in [2.75, 3.05) is 11.6 Å². The highest BCUT2D eigenvalue weighted by Gasteiger charge is 2.38. The number of para-hydroxylation sites is 1. The minimum absolute atomic E-state index is 0.255. The zero-order chi connectivity index (χ0) is 23.3. The molecule has 0 N–H and O–H groups in total. The summed E-state index contributed by atoms with van der Waals surface area (Å²) in [5.74, 6) is -1.44. The van der Waals surface area contributed by atoms with Gasteiger partial charge in [-0.1, -0.05) is 65.1 Å². The lowest BCUT2D eigenvalue weighted by atomic mass is 10.1. The van der Waals surface area contributed by atoms with E-state index in [0.29, 0.717) is 32.2 Å². The number of halogens is 3. The van der Waals surface area contributed by atoms with Gasteiger partial charge in [0, 0.05) is 15.1 Å². The van der Waals surface area contributed by atoms with E-state index in [1.807, 2.05) is 0 Å². The maximum absolute atomic E-state index is 13.8. The van der Waals surface area contributed by atoms with Gasteiger partial charge in [0.2, 0.25) is 0 Å².